The van der Waals surface area contributed by atoms with E-state index in [1.807, 2.05) is 6.07 Å². The molecule has 0 radical (unpaired) electrons. The molecule has 3 aliphatic rings. The largest absolute Gasteiger partial charge is 0.506 e. The number of ether oxygens (including phenoxy) is 2. The molecule has 1 amide bonds. The highest BCUT2D eigenvalue weighted by atomic mass is 16.5. The molecular weight excluding hydrogens is 496 g/mol. The Bertz CT molecular complexity index is 1280. The number of nitrogens with zero attached hydrogens (tertiary/aromatic N) is 6. The van der Waals surface area contributed by atoms with E-state index in [0.29, 0.717) is 75.2 Å². The molecule has 1 atom stereocenters. The highest BCUT2D eigenvalue weighted by Crippen LogP contribution is 2.42. The number of nitriles is 1. The molecule has 0 saturated carbocycles. The Morgan fingerprint density at radius 3 is 2.67 bits per heavy atom. The molecule has 4 heterocycles. The van der Waals surface area contributed by atoms with Crippen molar-refractivity contribution in [3.63, 3.8) is 0 Å². The number of rotatable bonds is 7. The van der Waals surface area contributed by atoms with Gasteiger partial charge in [-0.05, 0) is 51.1 Å². The number of piperazine rings is 1. The van der Waals surface area contributed by atoms with Gasteiger partial charge in [-0.3, -0.25) is 4.79 Å². The summed E-state index contributed by atoms with van der Waals surface area (Å²) in [5.74, 6) is 1.01. The van der Waals surface area contributed by atoms with Crippen LogP contribution in [0.5, 0.6) is 17.4 Å². The lowest BCUT2D eigenvalue weighted by Gasteiger charge is -2.39. The second kappa shape index (κ2) is 11.4. The molecule has 3 aliphatic heterocycles. The van der Waals surface area contributed by atoms with Crippen molar-refractivity contribution in [1.29, 1.82) is 5.26 Å². The number of benzene rings is 1. The lowest BCUT2D eigenvalue weighted by molar-refractivity contribution is -0.126. The van der Waals surface area contributed by atoms with E-state index in [1.165, 1.54) is 6.08 Å². The van der Waals surface area contributed by atoms with Gasteiger partial charge in [0.05, 0.1) is 25.0 Å². The zero-order valence-corrected chi connectivity index (χ0v) is 22.7. The molecule has 1 N–H and O–H groups in total. The molecule has 0 aliphatic carbocycles. The predicted molar refractivity (Wildman–Crippen MR) is 149 cm³/mol. The van der Waals surface area contributed by atoms with E-state index in [2.05, 4.69) is 34.4 Å². The number of hydrogen-bond acceptors (Lipinski definition) is 9. The SMILES string of the molecule is C=CC(=O)N1CCN(c2c(C#N)c(OC[C@@H]3CCCN3C)nc3c2CCN(c2c(O)cccc2OC)C3)CC1. The summed E-state index contributed by atoms with van der Waals surface area (Å²) in [6.45, 7) is 8.49. The summed E-state index contributed by atoms with van der Waals surface area (Å²) in [6.07, 6.45) is 4.17. The summed E-state index contributed by atoms with van der Waals surface area (Å²) < 4.78 is 11.8. The lowest BCUT2D eigenvalue weighted by atomic mass is 9.97. The molecule has 0 unspecified atom stereocenters. The maximum Gasteiger partial charge on any atom is 0.246 e. The number of phenols is 1. The fourth-order valence-electron chi connectivity index (χ4n) is 5.92. The molecule has 206 valence electrons. The summed E-state index contributed by atoms with van der Waals surface area (Å²) >= 11 is 0. The number of anilines is 2. The number of fused-ring (bicyclic) bond motifs is 1. The number of phenolic OH excluding ortho intramolecular Hbond substituents is 1. The van der Waals surface area contributed by atoms with Crippen LogP contribution in [0.25, 0.3) is 0 Å². The van der Waals surface area contributed by atoms with Gasteiger partial charge in [0.2, 0.25) is 11.8 Å². The van der Waals surface area contributed by atoms with E-state index in [9.17, 15) is 15.2 Å². The van der Waals surface area contributed by atoms with Crippen LogP contribution in [-0.4, -0.2) is 91.9 Å². The first kappa shape index (κ1) is 26.6. The summed E-state index contributed by atoms with van der Waals surface area (Å²) in [6, 6.07) is 7.93. The quantitative estimate of drug-likeness (QED) is 0.539. The third kappa shape index (κ3) is 5.19. The predicted octanol–water partition coefficient (Wildman–Crippen LogP) is 2.54. The van der Waals surface area contributed by atoms with Crippen molar-refractivity contribution in [3.8, 4) is 23.4 Å². The third-order valence-corrected chi connectivity index (χ3v) is 8.09. The van der Waals surface area contributed by atoms with Gasteiger partial charge in [0.1, 0.15) is 35.4 Å². The van der Waals surface area contributed by atoms with Crippen LogP contribution >= 0.6 is 0 Å². The number of hydrogen-bond donors (Lipinski definition) is 1. The van der Waals surface area contributed by atoms with Crippen molar-refractivity contribution in [2.75, 3.05) is 69.8 Å². The monoisotopic (exact) mass is 532 g/mol. The fraction of sp³-hybridized carbons (Fsp3) is 0.483. The summed E-state index contributed by atoms with van der Waals surface area (Å²) in [5, 5.41) is 21.0. The average Bonchev–Trinajstić information content (AvgIpc) is 3.38. The zero-order chi connectivity index (χ0) is 27.5. The van der Waals surface area contributed by atoms with Gasteiger partial charge in [-0.25, -0.2) is 4.98 Å². The van der Waals surface area contributed by atoms with Gasteiger partial charge < -0.3 is 34.2 Å². The van der Waals surface area contributed by atoms with Crippen LogP contribution in [0, 0.1) is 11.3 Å². The molecule has 10 heteroatoms. The van der Waals surface area contributed by atoms with Gasteiger partial charge >= 0.3 is 0 Å². The first-order valence-corrected chi connectivity index (χ1v) is 13.5. The maximum atomic E-state index is 12.2. The van der Waals surface area contributed by atoms with Gasteiger partial charge in [0, 0.05) is 44.3 Å². The van der Waals surface area contributed by atoms with Crippen molar-refractivity contribution in [2.24, 2.45) is 0 Å². The van der Waals surface area contributed by atoms with Gasteiger partial charge in [-0.1, -0.05) is 12.6 Å². The van der Waals surface area contributed by atoms with Crippen LogP contribution in [0.1, 0.15) is 29.7 Å². The summed E-state index contributed by atoms with van der Waals surface area (Å²) in [4.78, 5) is 25.4. The Balaban J connectivity index is 1.51. The van der Waals surface area contributed by atoms with E-state index in [-0.39, 0.29) is 17.7 Å². The number of aromatic hydroxyl groups is 1. The molecule has 2 saturated heterocycles. The zero-order valence-electron chi connectivity index (χ0n) is 22.7. The minimum atomic E-state index is -0.0797. The second-order valence-electron chi connectivity index (χ2n) is 10.3. The Labute approximate surface area is 229 Å². The topological polar surface area (TPSA) is 105 Å². The number of likely N-dealkylation sites (N-methyl/N-ethyl adjacent to an activating group) is 1. The molecule has 10 nitrogen and oxygen atoms in total. The van der Waals surface area contributed by atoms with Crippen LogP contribution in [0.2, 0.25) is 0 Å². The van der Waals surface area contributed by atoms with E-state index in [4.69, 9.17) is 14.5 Å². The number of carbonyl (C=O) groups excluding carboxylic acids is 1. The Morgan fingerprint density at radius 1 is 1.21 bits per heavy atom. The van der Waals surface area contributed by atoms with Crippen molar-refractivity contribution < 1.29 is 19.4 Å². The van der Waals surface area contributed by atoms with Gasteiger partial charge in [0.25, 0.3) is 0 Å². The van der Waals surface area contributed by atoms with E-state index in [1.54, 1.807) is 24.1 Å². The maximum absolute atomic E-state index is 12.2. The van der Waals surface area contributed by atoms with Crippen molar-refractivity contribution >= 4 is 17.3 Å². The van der Waals surface area contributed by atoms with Crippen molar-refractivity contribution in [2.45, 2.75) is 31.8 Å². The lowest BCUT2D eigenvalue weighted by Crippen LogP contribution is -2.49. The van der Waals surface area contributed by atoms with Crippen molar-refractivity contribution in [3.05, 3.63) is 47.7 Å². The number of para-hydroxylation sites is 1. The smallest absolute Gasteiger partial charge is 0.246 e. The number of amides is 1. The van der Waals surface area contributed by atoms with E-state index >= 15 is 0 Å². The van der Waals surface area contributed by atoms with Crippen LogP contribution in [0.3, 0.4) is 0 Å². The number of carbonyl (C=O) groups is 1. The number of pyridine rings is 1. The molecule has 5 rings (SSSR count). The molecule has 2 fully saturated rings. The molecule has 0 spiro atoms. The molecular formula is C29H36N6O4. The van der Waals surface area contributed by atoms with Crippen LogP contribution in [-0.2, 0) is 17.8 Å². The highest BCUT2D eigenvalue weighted by molar-refractivity contribution is 5.87. The summed E-state index contributed by atoms with van der Waals surface area (Å²) in [5.41, 5.74) is 3.77. The molecule has 1 aromatic carbocycles. The highest BCUT2D eigenvalue weighted by Gasteiger charge is 2.33. The van der Waals surface area contributed by atoms with Gasteiger partial charge in [-0.2, -0.15) is 5.26 Å². The molecule has 0 bridgehead atoms. The van der Waals surface area contributed by atoms with Crippen molar-refractivity contribution in [1.82, 2.24) is 14.8 Å². The number of aromatic nitrogens is 1. The summed E-state index contributed by atoms with van der Waals surface area (Å²) in [7, 11) is 3.69. The fourth-order valence-corrected chi connectivity index (χ4v) is 5.92. The van der Waals surface area contributed by atoms with Gasteiger partial charge in [-0.15, -0.1) is 0 Å². The normalized spacial score (nSPS) is 19.4. The minimum absolute atomic E-state index is 0.0797. The first-order valence-electron chi connectivity index (χ1n) is 13.5. The first-order chi connectivity index (χ1) is 18.9. The minimum Gasteiger partial charge on any atom is -0.506 e. The molecule has 1 aromatic heterocycles. The van der Waals surface area contributed by atoms with E-state index in [0.717, 1.165) is 36.3 Å². The molecule has 39 heavy (non-hydrogen) atoms. The Hall–Kier alpha value is -3.97. The van der Waals surface area contributed by atoms with Gasteiger partial charge in [0.15, 0.2) is 0 Å². The number of methoxy groups -OCH3 is 1. The standard InChI is InChI=1S/C29H36N6O4/c1-4-26(37)33-13-15-34(16-14-33)27-21-10-12-35(28-24(36)8-5-9-25(28)38-3)18-23(21)31-29(22(27)17-30)39-19-20-7-6-11-32(20)2/h4-5,8-9,20,36H,1,6-7,10-16,18-19H2,2-3H3/t20-/m0/s1. The Morgan fingerprint density at radius 2 is 2.00 bits per heavy atom. The van der Waals surface area contributed by atoms with E-state index < -0.39 is 0 Å². The Kier molecular flexibility index (Phi) is 7.79. The molecule has 2 aromatic rings. The van der Waals surface area contributed by atoms with Crippen LogP contribution in [0.4, 0.5) is 11.4 Å². The second-order valence-corrected chi connectivity index (χ2v) is 10.3. The van der Waals surface area contributed by atoms with Crippen LogP contribution < -0.4 is 19.3 Å². The average molecular weight is 533 g/mol. The number of likely N-dealkylation sites (tertiary alicyclic amines) is 1. The third-order valence-electron chi connectivity index (χ3n) is 8.09. The van der Waals surface area contributed by atoms with Crippen LogP contribution in [0.15, 0.2) is 30.9 Å².